The molecule has 0 aromatic carbocycles. The highest BCUT2D eigenvalue weighted by molar-refractivity contribution is 8.13. The third-order valence-corrected chi connectivity index (χ3v) is 4.62. The van der Waals surface area contributed by atoms with E-state index in [1.165, 1.54) is 0 Å². The second-order valence-corrected chi connectivity index (χ2v) is 8.25. The van der Waals surface area contributed by atoms with Crippen LogP contribution in [0.5, 0.6) is 0 Å². The molecular formula is C16H29N6O3S+. The van der Waals surface area contributed by atoms with Gasteiger partial charge in [-0.1, -0.05) is 18.7 Å². The van der Waals surface area contributed by atoms with Gasteiger partial charge in [0.1, 0.15) is 0 Å². The van der Waals surface area contributed by atoms with Crippen molar-refractivity contribution in [2.75, 3.05) is 48.8 Å². The van der Waals surface area contributed by atoms with Crippen LogP contribution in [0, 0.1) is 0 Å². The number of piperazine rings is 1. The Hall–Kier alpha value is -1.81. The van der Waals surface area contributed by atoms with Gasteiger partial charge in [0.25, 0.3) is 11.4 Å². The third kappa shape index (κ3) is 6.83. The van der Waals surface area contributed by atoms with E-state index < -0.39 is 0 Å². The molecule has 0 saturated carbocycles. The van der Waals surface area contributed by atoms with Crippen molar-refractivity contribution < 1.29 is 18.9 Å². The van der Waals surface area contributed by atoms with Crippen molar-refractivity contribution in [3.8, 4) is 0 Å². The Kier molecular flexibility index (Phi) is 7.27. The standard InChI is InChI=1S/C16H28N6O3S/c1-5-20-7-9-21(10-8-20)22-12-14(25-19-22)17-13(23)6-11-26-15(24)18-16(2,3)4/h12H,5-11H2,1-4H3,(H-,17,18,19,23,24)/p+1. The minimum absolute atomic E-state index is 0.131. The van der Waals surface area contributed by atoms with Crippen LogP contribution in [0.1, 0.15) is 34.1 Å². The number of anilines is 1. The minimum atomic E-state index is -0.275. The van der Waals surface area contributed by atoms with Gasteiger partial charge in [-0.15, -0.1) is 0 Å². The predicted octanol–water partition coefficient (Wildman–Crippen LogP) is 0.806. The van der Waals surface area contributed by atoms with Crippen LogP contribution in [0.4, 0.5) is 10.7 Å². The zero-order valence-corrected chi connectivity index (χ0v) is 16.8. The molecule has 0 aliphatic carbocycles. The number of hydrogen-bond donors (Lipinski definition) is 2. The molecule has 0 unspecified atom stereocenters. The van der Waals surface area contributed by atoms with Gasteiger partial charge in [0, 0.05) is 30.8 Å². The van der Waals surface area contributed by atoms with E-state index in [4.69, 9.17) is 4.52 Å². The maximum atomic E-state index is 12.0. The van der Waals surface area contributed by atoms with E-state index in [2.05, 4.69) is 32.7 Å². The number of carbonyl (C=O) groups is 2. The van der Waals surface area contributed by atoms with Crippen molar-refractivity contribution in [2.45, 2.75) is 39.7 Å². The van der Waals surface area contributed by atoms with Crippen LogP contribution >= 0.6 is 11.8 Å². The fourth-order valence-electron chi connectivity index (χ4n) is 2.46. The molecule has 2 amide bonds. The van der Waals surface area contributed by atoms with E-state index in [0.717, 1.165) is 44.5 Å². The molecule has 10 heteroatoms. The fraction of sp³-hybridized carbons (Fsp3) is 0.750. The molecule has 0 bridgehead atoms. The monoisotopic (exact) mass is 385 g/mol. The van der Waals surface area contributed by atoms with Gasteiger partial charge < -0.3 is 5.32 Å². The Balaban J connectivity index is 1.71. The Morgan fingerprint density at radius 3 is 2.62 bits per heavy atom. The first kappa shape index (κ1) is 20.5. The first-order chi connectivity index (χ1) is 12.3. The van der Waals surface area contributed by atoms with E-state index in [-0.39, 0.29) is 23.1 Å². The van der Waals surface area contributed by atoms with Crippen molar-refractivity contribution in [1.29, 1.82) is 0 Å². The number of hydrogen-bond acceptors (Lipinski definition) is 7. The van der Waals surface area contributed by atoms with Crippen molar-refractivity contribution in [1.82, 2.24) is 15.5 Å². The second kappa shape index (κ2) is 9.22. The first-order valence-corrected chi connectivity index (χ1v) is 9.86. The van der Waals surface area contributed by atoms with Crippen LogP contribution in [-0.4, -0.2) is 65.3 Å². The molecule has 9 nitrogen and oxygen atoms in total. The summed E-state index contributed by atoms with van der Waals surface area (Å²) in [6.45, 7) is 12.6. The zero-order valence-electron chi connectivity index (χ0n) is 15.9. The lowest BCUT2D eigenvalue weighted by Gasteiger charge is -2.28. The van der Waals surface area contributed by atoms with Crippen LogP contribution < -0.4 is 20.4 Å². The summed E-state index contributed by atoms with van der Waals surface area (Å²) in [5.74, 6) is 0.498. The smallest absolute Gasteiger partial charge is 0.305 e. The molecule has 1 fully saturated rings. The number of nitrogens with one attached hydrogen (secondary N) is 2. The molecule has 1 aromatic rings. The van der Waals surface area contributed by atoms with E-state index >= 15 is 0 Å². The van der Waals surface area contributed by atoms with Crippen molar-refractivity contribution in [3.63, 3.8) is 0 Å². The molecule has 1 aliphatic heterocycles. The van der Waals surface area contributed by atoms with Crippen LogP contribution in [0.3, 0.4) is 0 Å². The van der Waals surface area contributed by atoms with Crippen molar-refractivity contribution in [3.05, 3.63) is 6.20 Å². The van der Waals surface area contributed by atoms with Gasteiger partial charge in [-0.25, -0.2) is 0 Å². The normalized spacial score (nSPS) is 15.8. The van der Waals surface area contributed by atoms with Gasteiger partial charge in [-0.05, 0) is 27.3 Å². The molecule has 0 radical (unpaired) electrons. The second-order valence-electron chi connectivity index (χ2n) is 7.18. The van der Waals surface area contributed by atoms with Crippen LogP contribution in [0.25, 0.3) is 0 Å². The fourth-order valence-corrected chi connectivity index (χ4v) is 3.31. The summed E-state index contributed by atoms with van der Waals surface area (Å²) in [6.07, 6.45) is 1.89. The number of likely N-dealkylation sites (N-methyl/N-ethyl adjacent to an activating group) is 1. The van der Waals surface area contributed by atoms with Crippen LogP contribution in [-0.2, 0) is 4.79 Å². The highest BCUT2D eigenvalue weighted by atomic mass is 32.2. The summed E-state index contributed by atoms with van der Waals surface area (Å²) in [6, 6.07) is 0. The molecule has 2 rings (SSSR count). The van der Waals surface area contributed by atoms with Gasteiger partial charge >= 0.3 is 5.88 Å². The number of amides is 2. The number of thioether (sulfide) groups is 1. The summed E-state index contributed by atoms with van der Waals surface area (Å²) in [7, 11) is 0. The number of carbonyl (C=O) groups excluding carboxylic acids is 2. The largest absolute Gasteiger partial charge is 0.342 e. The lowest BCUT2D eigenvalue weighted by molar-refractivity contribution is -0.759. The molecule has 2 heterocycles. The summed E-state index contributed by atoms with van der Waals surface area (Å²) in [5, 5.41) is 11.4. The van der Waals surface area contributed by atoms with Gasteiger partial charge in [0.15, 0.2) is 0 Å². The predicted molar refractivity (Wildman–Crippen MR) is 101 cm³/mol. The van der Waals surface area contributed by atoms with Gasteiger partial charge in [0.2, 0.25) is 11.2 Å². The van der Waals surface area contributed by atoms with Crippen LogP contribution in [0.15, 0.2) is 10.7 Å². The lowest BCUT2D eigenvalue weighted by atomic mass is 10.1. The highest BCUT2D eigenvalue weighted by Gasteiger charge is 2.25. The number of aromatic nitrogens is 2. The van der Waals surface area contributed by atoms with Crippen molar-refractivity contribution >= 4 is 28.8 Å². The average molecular weight is 386 g/mol. The molecule has 1 aromatic heterocycles. The van der Waals surface area contributed by atoms with Gasteiger partial charge in [-0.3, -0.25) is 24.3 Å². The Labute approximate surface area is 158 Å². The molecule has 2 N–H and O–H groups in total. The summed E-state index contributed by atoms with van der Waals surface area (Å²) in [5.41, 5.74) is -0.275. The van der Waals surface area contributed by atoms with E-state index in [0.29, 0.717) is 11.6 Å². The van der Waals surface area contributed by atoms with E-state index in [9.17, 15) is 9.59 Å². The SMILES string of the molecule is CCN1CCN([n+]2cc(NC(=O)CCSC(=O)NC(C)(C)C)on2)CC1. The van der Waals surface area contributed by atoms with Gasteiger partial charge in [0.05, 0.1) is 17.9 Å². The third-order valence-electron chi connectivity index (χ3n) is 3.84. The van der Waals surface area contributed by atoms with Crippen molar-refractivity contribution in [2.24, 2.45) is 0 Å². The number of rotatable bonds is 6. The lowest BCUT2D eigenvalue weighted by Crippen LogP contribution is -2.65. The van der Waals surface area contributed by atoms with Gasteiger partial charge in [-0.2, -0.15) is 5.01 Å². The topological polar surface area (TPSA) is 94.6 Å². The molecular weight excluding hydrogens is 356 g/mol. The van der Waals surface area contributed by atoms with E-state index in [1.54, 1.807) is 11.0 Å². The molecule has 26 heavy (non-hydrogen) atoms. The number of nitrogens with zero attached hydrogens (tertiary/aromatic N) is 4. The highest BCUT2D eigenvalue weighted by Crippen LogP contribution is 2.10. The minimum Gasteiger partial charge on any atom is -0.342 e. The maximum Gasteiger partial charge on any atom is 0.305 e. The Bertz CT molecular complexity index is 607. The molecule has 146 valence electrons. The summed E-state index contributed by atoms with van der Waals surface area (Å²) < 4.78 is 5.17. The molecule has 1 saturated heterocycles. The Morgan fingerprint density at radius 2 is 2.00 bits per heavy atom. The Morgan fingerprint density at radius 1 is 1.31 bits per heavy atom. The maximum absolute atomic E-state index is 12.0. The molecule has 1 aliphatic rings. The molecule has 0 spiro atoms. The summed E-state index contributed by atoms with van der Waals surface area (Å²) in [4.78, 5) is 27.7. The average Bonchev–Trinajstić information content (AvgIpc) is 3.01. The quantitative estimate of drug-likeness (QED) is 0.700. The first-order valence-electron chi connectivity index (χ1n) is 8.88. The summed E-state index contributed by atoms with van der Waals surface area (Å²) >= 11 is 1.10. The zero-order chi connectivity index (χ0) is 19.2. The molecule has 0 atom stereocenters. The van der Waals surface area contributed by atoms with E-state index in [1.807, 2.05) is 20.8 Å². The van der Waals surface area contributed by atoms with Crippen LogP contribution in [0.2, 0.25) is 0 Å².